The molecular formula is C13H8N6O2. The van der Waals surface area contributed by atoms with Crippen LogP contribution in [-0.2, 0) is 4.74 Å². The van der Waals surface area contributed by atoms with Crippen LogP contribution in [0.3, 0.4) is 0 Å². The molecule has 3 heterocycles. The Morgan fingerprint density at radius 2 is 2.19 bits per heavy atom. The van der Waals surface area contributed by atoms with Gasteiger partial charge in [0.05, 0.1) is 24.6 Å². The van der Waals surface area contributed by atoms with Gasteiger partial charge in [-0.25, -0.2) is 14.8 Å². The van der Waals surface area contributed by atoms with Crippen LogP contribution in [0.4, 0.5) is 0 Å². The summed E-state index contributed by atoms with van der Waals surface area (Å²) in [5, 5.41) is 16.7. The van der Waals surface area contributed by atoms with Crippen LogP contribution in [0.5, 0.6) is 0 Å². The van der Waals surface area contributed by atoms with Crippen molar-refractivity contribution in [3.05, 3.63) is 41.9 Å². The van der Waals surface area contributed by atoms with E-state index in [-0.39, 0.29) is 0 Å². The van der Waals surface area contributed by atoms with Crippen LogP contribution in [0.2, 0.25) is 0 Å². The maximum atomic E-state index is 11.4. The summed E-state index contributed by atoms with van der Waals surface area (Å²) in [6, 6.07) is 6.76. The maximum Gasteiger partial charge on any atom is 0.339 e. The SMILES string of the molecule is COC(=O)c1cnc2c(c1)nnn2-c1ccc(C#N)nc1. The zero-order valence-electron chi connectivity index (χ0n) is 10.9. The predicted octanol–water partition coefficient (Wildman–Crippen LogP) is 0.869. The number of ether oxygens (including phenoxy) is 1. The first-order valence-corrected chi connectivity index (χ1v) is 5.89. The van der Waals surface area contributed by atoms with E-state index in [0.717, 1.165) is 0 Å². The molecule has 102 valence electrons. The van der Waals surface area contributed by atoms with Crippen molar-refractivity contribution < 1.29 is 9.53 Å². The molecule has 8 nitrogen and oxygen atoms in total. The van der Waals surface area contributed by atoms with Crippen LogP contribution >= 0.6 is 0 Å². The molecule has 0 aromatic carbocycles. The summed E-state index contributed by atoms with van der Waals surface area (Å²) in [5.41, 5.74) is 2.17. The minimum Gasteiger partial charge on any atom is -0.465 e. The summed E-state index contributed by atoms with van der Waals surface area (Å²) in [6.07, 6.45) is 2.90. The number of carbonyl (C=O) groups is 1. The molecule has 0 radical (unpaired) electrons. The van der Waals surface area contributed by atoms with E-state index in [1.807, 2.05) is 6.07 Å². The summed E-state index contributed by atoms with van der Waals surface area (Å²) in [6.45, 7) is 0. The van der Waals surface area contributed by atoms with Gasteiger partial charge < -0.3 is 4.74 Å². The van der Waals surface area contributed by atoms with E-state index in [4.69, 9.17) is 5.26 Å². The first kappa shape index (κ1) is 12.7. The van der Waals surface area contributed by atoms with Gasteiger partial charge in [-0.2, -0.15) is 9.94 Å². The molecule has 0 N–H and O–H groups in total. The van der Waals surface area contributed by atoms with E-state index in [1.165, 1.54) is 24.2 Å². The molecule has 0 spiro atoms. The van der Waals surface area contributed by atoms with Gasteiger partial charge in [0.25, 0.3) is 0 Å². The molecule has 0 saturated carbocycles. The lowest BCUT2D eigenvalue weighted by Crippen LogP contribution is -2.03. The second-order valence-corrected chi connectivity index (χ2v) is 4.07. The Balaban J connectivity index is 2.08. The predicted molar refractivity (Wildman–Crippen MR) is 70.5 cm³/mol. The minimum atomic E-state index is -0.487. The molecule has 3 aromatic rings. The molecule has 3 aromatic heterocycles. The highest BCUT2D eigenvalue weighted by molar-refractivity contribution is 5.92. The van der Waals surface area contributed by atoms with Crippen molar-refractivity contribution in [2.45, 2.75) is 0 Å². The second-order valence-electron chi connectivity index (χ2n) is 4.07. The Labute approximate surface area is 118 Å². The van der Waals surface area contributed by atoms with Crippen molar-refractivity contribution in [2.75, 3.05) is 7.11 Å². The topological polar surface area (TPSA) is 107 Å². The molecule has 0 bridgehead atoms. The molecule has 0 unspecified atom stereocenters. The number of rotatable bonds is 2. The lowest BCUT2D eigenvalue weighted by Gasteiger charge is -2.01. The molecule has 0 fully saturated rings. The fraction of sp³-hybridized carbons (Fsp3) is 0.0769. The van der Waals surface area contributed by atoms with Gasteiger partial charge in [0, 0.05) is 6.20 Å². The van der Waals surface area contributed by atoms with Crippen molar-refractivity contribution >= 4 is 17.1 Å². The number of hydrogen-bond acceptors (Lipinski definition) is 7. The molecule has 0 amide bonds. The second kappa shape index (κ2) is 4.97. The Morgan fingerprint density at radius 1 is 1.33 bits per heavy atom. The third-order valence-corrected chi connectivity index (χ3v) is 2.82. The quantitative estimate of drug-likeness (QED) is 0.641. The average molecular weight is 280 g/mol. The zero-order chi connectivity index (χ0) is 14.8. The zero-order valence-corrected chi connectivity index (χ0v) is 10.9. The van der Waals surface area contributed by atoms with Gasteiger partial charge in [-0.15, -0.1) is 5.10 Å². The summed E-state index contributed by atoms with van der Waals surface area (Å²) in [4.78, 5) is 19.6. The summed E-state index contributed by atoms with van der Waals surface area (Å²) < 4.78 is 6.10. The normalized spacial score (nSPS) is 10.3. The molecule has 21 heavy (non-hydrogen) atoms. The lowest BCUT2D eigenvalue weighted by molar-refractivity contribution is 0.0600. The monoisotopic (exact) mass is 280 g/mol. The number of fused-ring (bicyclic) bond motifs is 1. The van der Waals surface area contributed by atoms with Crippen molar-refractivity contribution in [3.8, 4) is 11.8 Å². The first-order chi connectivity index (χ1) is 10.2. The fourth-order valence-corrected chi connectivity index (χ4v) is 1.80. The first-order valence-electron chi connectivity index (χ1n) is 5.89. The molecule has 0 atom stereocenters. The van der Waals surface area contributed by atoms with E-state index in [2.05, 4.69) is 25.0 Å². The number of methoxy groups -OCH3 is 1. The summed E-state index contributed by atoms with van der Waals surface area (Å²) >= 11 is 0. The number of aromatic nitrogens is 5. The Hall–Kier alpha value is -3.34. The number of pyridine rings is 2. The molecule has 0 aliphatic heterocycles. The molecule has 3 rings (SSSR count). The van der Waals surface area contributed by atoms with Gasteiger partial charge in [0.15, 0.2) is 5.65 Å². The lowest BCUT2D eigenvalue weighted by atomic mass is 10.3. The highest BCUT2D eigenvalue weighted by Crippen LogP contribution is 2.15. The number of esters is 1. The average Bonchev–Trinajstić information content (AvgIpc) is 2.97. The maximum absolute atomic E-state index is 11.4. The molecule has 0 aliphatic carbocycles. The third kappa shape index (κ3) is 2.17. The fourth-order valence-electron chi connectivity index (χ4n) is 1.80. The van der Waals surface area contributed by atoms with Crippen molar-refractivity contribution in [1.82, 2.24) is 25.0 Å². The van der Waals surface area contributed by atoms with Gasteiger partial charge in [0.2, 0.25) is 0 Å². The van der Waals surface area contributed by atoms with E-state index < -0.39 is 5.97 Å². The van der Waals surface area contributed by atoms with E-state index in [9.17, 15) is 4.79 Å². The Kier molecular flexibility index (Phi) is 3.00. The van der Waals surface area contributed by atoms with Gasteiger partial charge >= 0.3 is 5.97 Å². The largest absolute Gasteiger partial charge is 0.465 e. The molecule has 0 saturated heterocycles. The van der Waals surface area contributed by atoms with Crippen molar-refractivity contribution in [1.29, 1.82) is 5.26 Å². The molecule has 0 aliphatic rings. The number of hydrogen-bond donors (Lipinski definition) is 0. The number of nitriles is 1. The van der Waals surface area contributed by atoms with E-state index in [0.29, 0.717) is 28.1 Å². The van der Waals surface area contributed by atoms with Gasteiger partial charge in [-0.3, -0.25) is 0 Å². The van der Waals surface area contributed by atoms with Crippen molar-refractivity contribution in [3.63, 3.8) is 0 Å². The number of carbonyl (C=O) groups excluding carboxylic acids is 1. The third-order valence-electron chi connectivity index (χ3n) is 2.82. The highest BCUT2D eigenvalue weighted by Gasteiger charge is 2.12. The van der Waals surface area contributed by atoms with E-state index in [1.54, 1.807) is 18.2 Å². The van der Waals surface area contributed by atoms with Crippen LogP contribution in [0, 0.1) is 11.3 Å². The van der Waals surface area contributed by atoms with Crippen LogP contribution in [-0.4, -0.2) is 38.0 Å². The Morgan fingerprint density at radius 3 is 2.86 bits per heavy atom. The van der Waals surface area contributed by atoms with Crippen molar-refractivity contribution in [2.24, 2.45) is 0 Å². The van der Waals surface area contributed by atoms with E-state index >= 15 is 0 Å². The summed E-state index contributed by atoms with van der Waals surface area (Å²) in [7, 11) is 1.30. The standard InChI is InChI=1S/C13H8N6O2/c1-21-13(20)8-4-11-12(16-6-8)19(18-17-11)10-3-2-9(5-14)15-7-10/h2-4,6-7H,1H3. The molecular weight excluding hydrogens is 272 g/mol. The van der Waals surface area contributed by atoms with Gasteiger partial charge in [0.1, 0.15) is 17.3 Å². The number of nitrogens with zero attached hydrogens (tertiary/aromatic N) is 6. The highest BCUT2D eigenvalue weighted by atomic mass is 16.5. The van der Waals surface area contributed by atoms with Gasteiger partial charge in [-0.1, -0.05) is 5.21 Å². The smallest absolute Gasteiger partial charge is 0.339 e. The summed E-state index contributed by atoms with van der Waals surface area (Å²) in [5.74, 6) is -0.487. The minimum absolute atomic E-state index is 0.301. The van der Waals surface area contributed by atoms with Gasteiger partial charge in [-0.05, 0) is 18.2 Å². The van der Waals surface area contributed by atoms with Crippen LogP contribution in [0.1, 0.15) is 16.1 Å². The molecule has 8 heteroatoms. The Bertz CT molecular complexity index is 862. The van der Waals surface area contributed by atoms with Crippen LogP contribution < -0.4 is 0 Å². The van der Waals surface area contributed by atoms with Crippen LogP contribution in [0.15, 0.2) is 30.6 Å². The van der Waals surface area contributed by atoms with Crippen LogP contribution in [0.25, 0.3) is 16.9 Å².